The Morgan fingerprint density at radius 1 is 1.23 bits per heavy atom. The molecule has 26 heavy (non-hydrogen) atoms. The molecule has 3 aromatic rings. The summed E-state index contributed by atoms with van der Waals surface area (Å²) in [7, 11) is 0. The van der Waals surface area contributed by atoms with Crippen molar-refractivity contribution in [1.82, 2.24) is 5.16 Å². The van der Waals surface area contributed by atoms with E-state index in [-0.39, 0.29) is 18.1 Å². The molecule has 0 aliphatic rings. The summed E-state index contributed by atoms with van der Waals surface area (Å²) in [5, 5.41) is 7.10. The molecular weight excluding hydrogens is 359 g/mol. The van der Waals surface area contributed by atoms with Crippen LogP contribution < -0.4 is 10.1 Å². The lowest BCUT2D eigenvalue weighted by molar-refractivity contribution is 0.101. The van der Waals surface area contributed by atoms with Crippen molar-refractivity contribution >= 4 is 23.2 Å². The van der Waals surface area contributed by atoms with Crippen LogP contribution in [0, 0.1) is 19.7 Å². The fraction of sp³-hybridized carbons (Fsp3) is 0.158. The third kappa shape index (κ3) is 3.70. The van der Waals surface area contributed by atoms with Gasteiger partial charge in [0.15, 0.2) is 17.3 Å². The van der Waals surface area contributed by atoms with Gasteiger partial charge in [-0.25, -0.2) is 4.39 Å². The SMILES string of the molecule is Cc1onc(C(=O)Nc2cccc(Cl)c2C)c1COc1ccccc1F. The Morgan fingerprint density at radius 3 is 2.77 bits per heavy atom. The zero-order chi connectivity index (χ0) is 18.7. The summed E-state index contributed by atoms with van der Waals surface area (Å²) < 4.78 is 24.3. The zero-order valence-corrected chi connectivity index (χ0v) is 14.9. The average Bonchev–Trinajstić information content (AvgIpc) is 2.99. The Morgan fingerprint density at radius 2 is 2.00 bits per heavy atom. The molecule has 0 saturated heterocycles. The molecule has 0 bridgehead atoms. The smallest absolute Gasteiger partial charge is 0.278 e. The third-order valence-corrected chi connectivity index (χ3v) is 4.33. The number of nitrogens with one attached hydrogen (secondary N) is 1. The zero-order valence-electron chi connectivity index (χ0n) is 14.2. The molecule has 5 nitrogen and oxygen atoms in total. The Hall–Kier alpha value is -2.86. The maximum Gasteiger partial charge on any atom is 0.278 e. The van der Waals surface area contributed by atoms with Gasteiger partial charge in [0.05, 0.1) is 5.56 Å². The van der Waals surface area contributed by atoms with E-state index in [4.69, 9.17) is 20.9 Å². The normalized spacial score (nSPS) is 10.6. The van der Waals surface area contributed by atoms with Crippen LogP contribution in [0.3, 0.4) is 0 Å². The van der Waals surface area contributed by atoms with Gasteiger partial charge in [-0.3, -0.25) is 4.79 Å². The van der Waals surface area contributed by atoms with E-state index < -0.39 is 11.7 Å². The van der Waals surface area contributed by atoms with Gasteiger partial charge in [-0.1, -0.05) is 35.0 Å². The van der Waals surface area contributed by atoms with Gasteiger partial charge in [0.1, 0.15) is 12.4 Å². The number of para-hydroxylation sites is 1. The highest BCUT2D eigenvalue weighted by atomic mass is 35.5. The summed E-state index contributed by atoms with van der Waals surface area (Å²) in [4.78, 5) is 12.6. The average molecular weight is 375 g/mol. The number of aryl methyl sites for hydroxylation is 1. The van der Waals surface area contributed by atoms with Crippen LogP contribution in [0.15, 0.2) is 47.0 Å². The second-order valence-corrected chi connectivity index (χ2v) is 6.06. The largest absolute Gasteiger partial charge is 0.486 e. The summed E-state index contributed by atoms with van der Waals surface area (Å²) in [6.45, 7) is 3.41. The first-order valence-corrected chi connectivity index (χ1v) is 8.24. The highest BCUT2D eigenvalue weighted by molar-refractivity contribution is 6.31. The molecule has 1 amide bonds. The van der Waals surface area contributed by atoms with E-state index in [0.29, 0.717) is 22.0 Å². The molecular formula is C19H16ClFN2O3. The van der Waals surface area contributed by atoms with Crippen molar-refractivity contribution in [2.75, 3.05) is 5.32 Å². The predicted octanol–water partition coefficient (Wildman–Crippen LogP) is 4.92. The number of carbonyl (C=O) groups excluding carboxylic acids is 1. The van der Waals surface area contributed by atoms with E-state index in [1.165, 1.54) is 12.1 Å². The molecule has 1 heterocycles. The van der Waals surface area contributed by atoms with E-state index in [2.05, 4.69) is 10.5 Å². The molecule has 0 aliphatic heterocycles. The van der Waals surface area contributed by atoms with Crippen molar-refractivity contribution in [2.45, 2.75) is 20.5 Å². The number of aromatic nitrogens is 1. The molecule has 7 heteroatoms. The highest BCUT2D eigenvalue weighted by Gasteiger charge is 2.21. The second kappa shape index (κ2) is 7.58. The van der Waals surface area contributed by atoms with Crippen molar-refractivity contribution < 1.29 is 18.4 Å². The minimum Gasteiger partial charge on any atom is -0.486 e. The first kappa shape index (κ1) is 17.9. The molecule has 1 aromatic heterocycles. The van der Waals surface area contributed by atoms with E-state index >= 15 is 0 Å². The number of carbonyl (C=O) groups is 1. The van der Waals surface area contributed by atoms with E-state index in [0.717, 1.165) is 5.56 Å². The summed E-state index contributed by atoms with van der Waals surface area (Å²) in [5.41, 5.74) is 1.85. The molecule has 134 valence electrons. The molecule has 0 saturated carbocycles. The molecule has 0 spiro atoms. The van der Waals surface area contributed by atoms with Gasteiger partial charge >= 0.3 is 0 Å². The van der Waals surface area contributed by atoms with E-state index in [1.807, 2.05) is 0 Å². The minimum absolute atomic E-state index is 0.0481. The Labute approximate surface area is 154 Å². The summed E-state index contributed by atoms with van der Waals surface area (Å²) in [6.07, 6.45) is 0. The summed E-state index contributed by atoms with van der Waals surface area (Å²) >= 11 is 6.07. The molecule has 0 fully saturated rings. The maximum absolute atomic E-state index is 13.7. The predicted molar refractivity (Wildman–Crippen MR) is 96.1 cm³/mol. The Balaban J connectivity index is 1.80. The number of ether oxygens (including phenoxy) is 1. The molecule has 1 N–H and O–H groups in total. The first-order valence-electron chi connectivity index (χ1n) is 7.86. The monoisotopic (exact) mass is 374 g/mol. The van der Waals surface area contributed by atoms with Gasteiger partial charge < -0.3 is 14.6 Å². The number of hydrogen-bond acceptors (Lipinski definition) is 4. The number of halogens is 2. The lowest BCUT2D eigenvalue weighted by Gasteiger charge is -2.10. The quantitative estimate of drug-likeness (QED) is 0.688. The van der Waals surface area contributed by atoms with Gasteiger partial charge in [-0.05, 0) is 43.7 Å². The number of hydrogen-bond donors (Lipinski definition) is 1. The molecule has 0 atom stereocenters. The van der Waals surface area contributed by atoms with Crippen LogP contribution in [0.5, 0.6) is 5.75 Å². The van der Waals surface area contributed by atoms with Crippen LogP contribution in [0.25, 0.3) is 0 Å². The van der Waals surface area contributed by atoms with Crippen LogP contribution in [-0.2, 0) is 6.61 Å². The van der Waals surface area contributed by atoms with E-state index in [1.54, 1.807) is 44.2 Å². The van der Waals surface area contributed by atoms with Gasteiger partial charge in [0.25, 0.3) is 5.91 Å². The van der Waals surface area contributed by atoms with Crippen LogP contribution in [0.4, 0.5) is 10.1 Å². The van der Waals surface area contributed by atoms with Gasteiger partial charge in [0, 0.05) is 10.7 Å². The molecule has 0 radical (unpaired) electrons. The van der Waals surface area contributed by atoms with Gasteiger partial charge in [-0.15, -0.1) is 0 Å². The van der Waals surface area contributed by atoms with Crippen molar-refractivity contribution in [3.8, 4) is 5.75 Å². The van der Waals surface area contributed by atoms with Crippen molar-refractivity contribution in [3.63, 3.8) is 0 Å². The van der Waals surface area contributed by atoms with E-state index in [9.17, 15) is 9.18 Å². The molecule has 0 aliphatic carbocycles. The second-order valence-electron chi connectivity index (χ2n) is 5.65. The Bertz CT molecular complexity index is 956. The van der Waals surface area contributed by atoms with Gasteiger partial charge in [-0.2, -0.15) is 0 Å². The van der Waals surface area contributed by atoms with Crippen molar-refractivity contribution in [1.29, 1.82) is 0 Å². The van der Waals surface area contributed by atoms with Crippen LogP contribution in [0.1, 0.15) is 27.4 Å². The van der Waals surface area contributed by atoms with Gasteiger partial charge in [0.2, 0.25) is 0 Å². The van der Waals surface area contributed by atoms with Crippen LogP contribution >= 0.6 is 11.6 Å². The van der Waals surface area contributed by atoms with Crippen LogP contribution in [-0.4, -0.2) is 11.1 Å². The first-order chi connectivity index (χ1) is 12.5. The molecule has 2 aromatic carbocycles. The Kier molecular flexibility index (Phi) is 5.23. The van der Waals surface area contributed by atoms with Crippen molar-refractivity contribution in [2.24, 2.45) is 0 Å². The number of nitrogens with zero attached hydrogens (tertiary/aromatic N) is 1. The summed E-state index contributed by atoms with van der Waals surface area (Å²) in [6, 6.07) is 11.2. The minimum atomic E-state index is -0.484. The number of anilines is 1. The number of benzene rings is 2. The van der Waals surface area contributed by atoms with Crippen molar-refractivity contribution in [3.05, 3.63) is 75.9 Å². The molecule has 0 unspecified atom stereocenters. The third-order valence-electron chi connectivity index (χ3n) is 3.92. The number of amides is 1. The fourth-order valence-corrected chi connectivity index (χ4v) is 2.55. The van der Waals surface area contributed by atoms with Crippen LogP contribution in [0.2, 0.25) is 5.02 Å². The standard InChI is InChI=1S/C19H16ClFN2O3/c1-11-14(20)6-5-8-16(11)22-19(24)18-13(12(2)26-23-18)10-25-17-9-4-3-7-15(17)21/h3-9H,10H2,1-2H3,(H,22,24). The lowest BCUT2D eigenvalue weighted by Crippen LogP contribution is -2.16. The summed E-state index contributed by atoms with van der Waals surface area (Å²) in [5.74, 6) is -0.430. The topological polar surface area (TPSA) is 64.4 Å². The lowest BCUT2D eigenvalue weighted by atomic mass is 10.1. The maximum atomic E-state index is 13.7. The number of rotatable bonds is 5. The fourth-order valence-electron chi connectivity index (χ4n) is 2.38. The highest BCUT2D eigenvalue weighted by Crippen LogP contribution is 2.25. The molecule has 3 rings (SSSR count).